The second kappa shape index (κ2) is 11.2. The fraction of sp³-hybridized carbons (Fsp3) is 0.429. The quantitative estimate of drug-likeness (QED) is 0.443. The summed E-state index contributed by atoms with van der Waals surface area (Å²) in [4.78, 5) is 15.9. The topological polar surface area (TPSA) is 66.0 Å². The first-order valence-corrected chi connectivity index (χ1v) is 13.2. The van der Waals surface area contributed by atoms with Crippen LogP contribution in [-0.4, -0.2) is 68.9 Å². The Bertz CT molecular complexity index is 1250. The number of hydrogen-bond donors (Lipinski definition) is 1. The molecule has 0 radical (unpaired) electrons. The number of methoxy groups -OCH3 is 2. The number of ether oxygens (including phenoxy) is 2. The minimum atomic E-state index is -0.508. The molecule has 202 valence electrons. The highest BCUT2D eigenvalue weighted by Gasteiger charge is 2.27. The van der Waals surface area contributed by atoms with Gasteiger partial charge in [-0.1, -0.05) is 11.6 Å². The highest BCUT2D eigenvalue weighted by Crippen LogP contribution is 2.43. The summed E-state index contributed by atoms with van der Waals surface area (Å²) in [6.45, 7) is 3.12. The Hall–Kier alpha value is -3.30. The van der Waals surface area contributed by atoms with Gasteiger partial charge >= 0.3 is 0 Å². The smallest absolute Gasteiger partial charge is 0.227 e. The predicted octanol–water partition coefficient (Wildman–Crippen LogP) is 5.12. The van der Waals surface area contributed by atoms with Gasteiger partial charge in [-0.05, 0) is 51.2 Å². The third kappa shape index (κ3) is 5.31. The van der Waals surface area contributed by atoms with Gasteiger partial charge in [-0.25, -0.2) is 14.4 Å². The Balaban J connectivity index is 1.26. The summed E-state index contributed by atoms with van der Waals surface area (Å²) in [5.41, 5.74) is 4.30. The average Bonchev–Trinajstić information content (AvgIpc) is 2.94. The minimum absolute atomic E-state index is 0.0897. The molecule has 1 N–H and O–H groups in total. The van der Waals surface area contributed by atoms with E-state index in [1.807, 2.05) is 4.90 Å². The molecular formula is C28H34ClFN6O2. The first kappa shape index (κ1) is 26.3. The molecule has 0 unspecified atom stereocenters. The second-order valence-corrected chi connectivity index (χ2v) is 10.3. The highest BCUT2D eigenvalue weighted by atomic mass is 35.5. The van der Waals surface area contributed by atoms with Crippen LogP contribution in [0.15, 0.2) is 36.5 Å². The number of benzene rings is 2. The lowest BCUT2D eigenvalue weighted by molar-refractivity contribution is 0.249. The molecule has 0 spiro atoms. The summed E-state index contributed by atoms with van der Waals surface area (Å²) < 4.78 is 25.7. The largest absolute Gasteiger partial charge is 0.495 e. The molecule has 0 saturated carbocycles. The van der Waals surface area contributed by atoms with Gasteiger partial charge in [0.2, 0.25) is 5.95 Å². The number of aromatic nitrogens is 2. The van der Waals surface area contributed by atoms with Crippen LogP contribution >= 0.6 is 11.6 Å². The third-order valence-corrected chi connectivity index (χ3v) is 7.85. The summed E-state index contributed by atoms with van der Waals surface area (Å²) in [7, 11) is 7.24. The molecule has 0 aliphatic carbocycles. The molecule has 38 heavy (non-hydrogen) atoms. The van der Waals surface area contributed by atoms with Gasteiger partial charge in [0.15, 0.2) is 11.6 Å². The van der Waals surface area contributed by atoms with Crippen LogP contribution in [0.4, 0.5) is 27.4 Å². The Labute approximate surface area is 228 Å². The van der Waals surface area contributed by atoms with Crippen LogP contribution < -0.4 is 24.6 Å². The lowest BCUT2D eigenvalue weighted by atomic mass is 10.0. The Morgan fingerprint density at radius 3 is 2.39 bits per heavy atom. The molecule has 3 aromatic rings. The molecule has 1 aromatic heterocycles. The van der Waals surface area contributed by atoms with E-state index >= 15 is 4.39 Å². The first-order chi connectivity index (χ1) is 18.4. The van der Waals surface area contributed by atoms with Crippen LogP contribution in [0.1, 0.15) is 24.1 Å². The predicted molar refractivity (Wildman–Crippen MR) is 150 cm³/mol. The molecule has 8 nitrogen and oxygen atoms in total. The SMILES string of the molecule is COc1cc(OC)c(Cl)c(N2CCc3nc(Nc4ccc(N5CCC(N(C)C)CC5)cc4)ncc3C2)c1F. The van der Waals surface area contributed by atoms with Gasteiger partial charge in [0, 0.05) is 67.8 Å². The monoisotopic (exact) mass is 540 g/mol. The first-order valence-electron chi connectivity index (χ1n) is 12.9. The van der Waals surface area contributed by atoms with Crippen molar-refractivity contribution in [3.05, 3.63) is 58.6 Å². The van der Waals surface area contributed by atoms with Crippen LogP contribution in [0, 0.1) is 5.82 Å². The number of anilines is 4. The van der Waals surface area contributed by atoms with E-state index in [9.17, 15) is 0 Å². The van der Waals surface area contributed by atoms with E-state index in [1.165, 1.54) is 38.8 Å². The lowest BCUT2D eigenvalue weighted by Gasteiger charge is -2.36. The van der Waals surface area contributed by atoms with Crippen molar-refractivity contribution in [2.75, 3.05) is 63.1 Å². The van der Waals surface area contributed by atoms with Crippen molar-refractivity contribution < 1.29 is 13.9 Å². The van der Waals surface area contributed by atoms with Gasteiger partial charge in [-0.2, -0.15) is 0 Å². The normalized spacial score (nSPS) is 16.0. The molecule has 5 rings (SSSR count). The van der Waals surface area contributed by atoms with E-state index in [-0.39, 0.29) is 16.5 Å². The molecule has 0 atom stereocenters. The van der Waals surface area contributed by atoms with Crippen LogP contribution in [0.2, 0.25) is 5.02 Å². The van der Waals surface area contributed by atoms with Crippen molar-refractivity contribution in [2.24, 2.45) is 0 Å². The maximum absolute atomic E-state index is 15.2. The average molecular weight is 541 g/mol. The third-order valence-electron chi connectivity index (χ3n) is 7.48. The van der Waals surface area contributed by atoms with Crippen molar-refractivity contribution >= 4 is 34.6 Å². The van der Waals surface area contributed by atoms with E-state index in [2.05, 4.69) is 58.5 Å². The maximum atomic E-state index is 15.2. The van der Waals surface area contributed by atoms with Crippen molar-refractivity contribution in [2.45, 2.75) is 31.8 Å². The summed E-state index contributed by atoms with van der Waals surface area (Å²) in [6, 6.07) is 10.6. The Morgan fingerprint density at radius 1 is 1.03 bits per heavy atom. The van der Waals surface area contributed by atoms with Gasteiger partial charge in [-0.3, -0.25) is 0 Å². The van der Waals surface area contributed by atoms with Crippen LogP contribution in [0.3, 0.4) is 0 Å². The summed E-state index contributed by atoms with van der Waals surface area (Å²) >= 11 is 6.49. The number of nitrogens with one attached hydrogen (secondary N) is 1. The van der Waals surface area contributed by atoms with Crippen molar-refractivity contribution in [3.8, 4) is 11.5 Å². The number of rotatable bonds is 7. The second-order valence-electron chi connectivity index (χ2n) is 9.95. The zero-order valence-corrected chi connectivity index (χ0v) is 23.1. The molecule has 0 amide bonds. The van der Waals surface area contributed by atoms with Crippen molar-refractivity contribution in [1.29, 1.82) is 0 Å². The molecule has 1 fully saturated rings. The fourth-order valence-electron chi connectivity index (χ4n) is 5.24. The van der Waals surface area contributed by atoms with E-state index < -0.39 is 5.82 Å². The number of piperidine rings is 1. The molecule has 10 heteroatoms. The molecule has 2 aromatic carbocycles. The summed E-state index contributed by atoms with van der Waals surface area (Å²) in [6.07, 6.45) is 4.78. The zero-order chi connectivity index (χ0) is 26.8. The van der Waals surface area contributed by atoms with Crippen LogP contribution in [0.25, 0.3) is 0 Å². The van der Waals surface area contributed by atoms with Gasteiger partial charge in [0.1, 0.15) is 10.8 Å². The maximum Gasteiger partial charge on any atom is 0.227 e. The van der Waals surface area contributed by atoms with Gasteiger partial charge < -0.3 is 29.5 Å². The van der Waals surface area contributed by atoms with Gasteiger partial charge in [-0.15, -0.1) is 0 Å². The minimum Gasteiger partial charge on any atom is -0.495 e. The molecule has 3 heterocycles. The standard InChI is InChI=1S/C28H34ClFN6O2/c1-34(2)20-9-12-35(13-10-20)21-7-5-19(6-8-21)32-28-31-16-18-17-36(14-11-22(18)33-28)27-25(29)23(37-3)15-24(38-4)26(27)30/h5-8,15-16,20H,9-14,17H2,1-4H3,(H,31,32,33). The number of hydrogen-bond acceptors (Lipinski definition) is 8. The summed E-state index contributed by atoms with van der Waals surface area (Å²) in [5, 5.41) is 3.54. The van der Waals surface area contributed by atoms with E-state index in [0.717, 1.165) is 30.0 Å². The zero-order valence-electron chi connectivity index (χ0n) is 22.3. The van der Waals surface area contributed by atoms with E-state index in [4.69, 9.17) is 26.1 Å². The fourth-order valence-corrected chi connectivity index (χ4v) is 5.58. The molecular weight excluding hydrogens is 507 g/mol. The molecule has 2 aliphatic heterocycles. The Kier molecular flexibility index (Phi) is 7.76. The van der Waals surface area contributed by atoms with Gasteiger partial charge in [0.05, 0.1) is 25.6 Å². The Morgan fingerprint density at radius 2 is 1.74 bits per heavy atom. The van der Waals surface area contributed by atoms with Crippen molar-refractivity contribution in [3.63, 3.8) is 0 Å². The highest BCUT2D eigenvalue weighted by molar-refractivity contribution is 6.34. The molecule has 1 saturated heterocycles. The molecule has 0 bridgehead atoms. The number of halogens is 2. The molecule has 2 aliphatic rings. The van der Waals surface area contributed by atoms with Gasteiger partial charge in [0.25, 0.3) is 0 Å². The van der Waals surface area contributed by atoms with Crippen molar-refractivity contribution in [1.82, 2.24) is 14.9 Å². The lowest BCUT2D eigenvalue weighted by Crippen LogP contribution is -2.41. The number of fused-ring (bicyclic) bond motifs is 1. The van der Waals surface area contributed by atoms with E-state index in [1.54, 1.807) is 6.20 Å². The summed E-state index contributed by atoms with van der Waals surface area (Å²) in [5.74, 6) is 0.493. The van der Waals surface area contributed by atoms with Crippen LogP contribution in [0.5, 0.6) is 11.5 Å². The number of nitrogens with zero attached hydrogens (tertiary/aromatic N) is 5. The van der Waals surface area contributed by atoms with Crippen LogP contribution in [-0.2, 0) is 13.0 Å². The van der Waals surface area contributed by atoms with E-state index in [0.29, 0.717) is 37.3 Å².